The molecule has 0 amide bonds. The monoisotopic (exact) mass is 290 g/mol. The Morgan fingerprint density at radius 3 is 2.40 bits per heavy atom. The van der Waals surface area contributed by atoms with Crippen molar-refractivity contribution in [2.24, 2.45) is 0 Å². The van der Waals surface area contributed by atoms with Gasteiger partial charge < -0.3 is 0 Å². The van der Waals surface area contributed by atoms with Crippen LogP contribution in [0.2, 0.25) is 0 Å². The number of halogens is 1. The van der Waals surface area contributed by atoms with Gasteiger partial charge in [0.05, 0.1) is 22.2 Å². The molecule has 0 saturated carbocycles. The summed E-state index contributed by atoms with van der Waals surface area (Å²) in [5.74, 6) is -0.439. The van der Waals surface area contributed by atoms with Crippen molar-refractivity contribution >= 4 is 15.7 Å². The number of hydrogen-bond acceptors (Lipinski definition) is 3. The lowest BCUT2D eigenvalue weighted by molar-refractivity contribution is 0.594. The Bertz CT molecular complexity index is 765. The van der Waals surface area contributed by atoms with Crippen LogP contribution in [0.15, 0.2) is 53.4 Å². The fourth-order valence-electron chi connectivity index (χ4n) is 1.67. The Morgan fingerprint density at radius 2 is 1.80 bits per heavy atom. The molecule has 0 heterocycles. The Hall–Kier alpha value is -2.39. The first-order chi connectivity index (χ1) is 9.45. The minimum Gasteiger partial charge on any atom is -0.269 e. The summed E-state index contributed by atoms with van der Waals surface area (Å²) in [7, 11) is -2.40. The first-order valence-electron chi connectivity index (χ1n) is 5.70. The fourth-order valence-corrected chi connectivity index (χ4v) is 2.92. The molecule has 0 fully saturated rings. The van der Waals surface area contributed by atoms with Gasteiger partial charge in [0.25, 0.3) is 10.0 Å². The van der Waals surface area contributed by atoms with Gasteiger partial charge in [0.15, 0.2) is 0 Å². The van der Waals surface area contributed by atoms with Crippen LogP contribution in [0.3, 0.4) is 0 Å². The zero-order valence-electron chi connectivity index (χ0n) is 10.6. The maximum atomic E-state index is 12.9. The minimum atomic E-state index is -3.78. The SMILES string of the molecule is CN(c1ccc(F)cc1)S(=O)(=O)c1cccc(C#N)c1. The Balaban J connectivity index is 2.44. The maximum absolute atomic E-state index is 12.9. The molecule has 6 heteroatoms. The van der Waals surface area contributed by atoms with Crippen LogP contribution < -0.4 is 4.31 Å². The molecule has 102 valence electrons. The topological polar surface area (TPSA) is 61.2 Å². The van der Waals surface area contributed by atoms with Crippen molar-refractivity contribution in [3.05, 3.63) is 59.9 Å². The molecule has 0 bridgehead atoms. The summed E-state index contributed by atoms with van der Waals surface area (Å²) >= 11 is 0. The summed E-state index contributed by atoms with van der Waals surface area (Å²) in [6.45, 7) is 0. The van der Waals surface area contributed by atoms with E-state index in [4.69, 9.17) is 5.26 Å². The third-order valence-electron chi connectivity index (χ3n) is 2.81. The Labute approximate surface area is 116 Å². The number of nitriles is 1. The van der Waals surface area contributed by atoms with Gasteiger partial charge in [-0.05, 0) is 42.5 Å². The molecule has 0 aromatic heterocycles. The average molecular weight is 290 g/mol. The molecule has 0 atom stereocenters. The Morgan fingerprint density at radius 1 is 1.15 bits per heavy atom. The highest BCUT2D eigenvalue weighted by atomic mass is 32.2. The predicted octanol–water partition coefficient (Wildman–Crippen LogP) is 2.52. The number of nitrogens with zero attached hydrogens (tertiary/aromatic N) is 2. The number of sulfonamides is 1. The molecule has 0 unspecified atom stereocenters. The molecule has 0 aliphatic rings. The van der Waals surface area contributed by atoms with Crippen molar-refractivity contribution in [3.8, 4) is 6.07 Å². The van der Waals surface area contributed by atoms with E-state index < -0.39 is 15.8 Å². The van der Waals surface area contributed by atoms with Crippen LogP contribution in [0.1, 0.15) is 5.56 Å². The van der Waals surface area contributed by atoms with Gasteiger partial charge in [-0.3, -0.25) is 4.31 Å². The van der Waals surface area contributed by atoms with E-state index in [0.29, 0.717) is 5.69 Å². The smallest absolute Gasteiger partial charge is 0.264 e. The molecular weight excluding hydrogens is 279 g/mol. The molecule has 20 heavy (non-hydrogen) atoms. The minimum absolute atomic E-state index is 0.0170. The van der Waals surface area contributed by atoms with Crippen LogP contribution >= 0.6 is 0 Å². The van der Waals surface area contributed by atoms with Crippen molar-refractivity contribution in [3.63, 3.8) is 0 Å². The zero-order chi connectivity index (χ0) is 14.8. The van der Waals surface area contributed by atoms with E-state index in [0.717, 1.165) is 4.31 Å². The van der Waals surface area contributed by atoms with Crippen LogP contribution in [0, 0.1) is 17.1 Å². The van der Waals surface area contributed by atoms with Gasteiger partial charge in [-0.2, -0.15) is 5.26 Å². The normalized spacial score (nSPS) is 10.8. The third-order valence-corrected chi connectivity index (χ3v) is 4.59. The second kappa shape index (κ2) is 5.31. The number of hydrogen-bond donors (Lipinski definition) is 0. The summed E-state index contributed by atoms with van der Waals surface area (Å²) in [4.78, 5) is 0.0170. The van der Waals surface area contributed by atoms with Crippen LogP contribution in [0.4, 0.5) is 10.1 Å². The van der Waals surface area contributed by atoms with Gasteiger partial charge in [-0.1, -0.05) is 6.07 Å². The second-order valence-corrected chi connectivity index (χ2v) is 6.06. The van der Waals surface area contributed by atoms with Crippen LogP contribution in [0.25, 0.3) is 0 Å². The van der Waals surface area contributed by atoms with E-state index in [9.17, 15) is 12.8 Å². The van der Waals surface area contributed by atoms with E-state index in [2.05, 4.69) is 0 Å². The van der Waals surface area contributed by atoms with E-state index in [1.807, 2.05) is 6.07 Å². The van der Waals surface area contributed by atoms with Crippen molar-refractivity contribution in [1.29, 1.82) is 5.26 Å². The highest BCUT2D eigenvalue weighted by Crippen LogP contribution is 2.22. The van der Waals surface area contributed by atoms with Gasteiger partial charge in [-0.15, -0.1) is 0 Å². The maximum Gasteiger partial charge on any atom is 0.264 e. The number of anilines is 1. The molecule has 0 N–H and O–H groups in total. The molecule has 2 aromatic rings. The van der Waals surface area contributed by atoms with Crippen LogP contribution in [0.5, 0.6) is 0 Å². The molecule has 0 saturated heterocycles. The highest BCUT2D eigenvalue weighted by Gasteiger charge is 2.21. The second-order valence-electron chi connectivity index (χ2n) is 4.09. The van der Waals surface area contributed by atoms with E-state index in [1.165, 1.54) is 55.6 Å². The van der Waals surface area contributed by atoms with Crippen molar-refractivity contribution in [1.82, 2.24) is 0 Å². The Kier molecular flexibility index (Phi) is 3.72. The first kappa shape index (κ1) is 14.0. The van der Waals surface area contributed by atoms with E-state index in [1.54, 1.807) is 0 Å². The molecule has 0 radical (unpaired) electrons. The molecule has 0 spiro atoms. The van der Waals surface area contributed by atoms with Gasteiger partial charge in [0.2, 0.25) is 0 Å². The summed E-state index contributed by atoms with van der Waals surface area (Å²) in [6, 6.07) is 12.8. The van der Waals surface area contributed by atoms with Crippen LogP contribution in [-0.4, -0.2) is 15.5 Å². The predicted molar refractivity (Wildman–Crippen MR) is 73.1 cm³/mol. The average Bonchev–Trinajstić information content (AvgIpc) is 2.47. The van der Waals surface area contributed by atoms with E-state index >= 15 is 0 Å². The lowest BCUT2D eigenvalue weighted by Crippen LogP contribution is -2.26. The van der Waals surface area contributed by atoms with Gasteiger partial charge in [0.1, 0.15) is 5.82 Å². The van der Waals surface area contributed by atoms with Crippen molar-refractivity contribution in [2.75, 3.05) is 11.4 Å². The van der Waals surface area contributed by atoms with Gasteiger partial charge in [0, 0.05) is 7.05 Å². The molecular formula is C14H11FN2O2S. The highest BCUT2D eigenvalue weighted by molar-refractivity contribution is 7.92. The van der Waals surface area contributed by atoms with Gasteiger partial charge >= 0.3 is 0 Å². The van der Waals surface area contributed by atoms with Crippen LogP contribution in [-0.2, 0) is 10.0 Å². The molecule has 2 aromatic carbocycles. The number of rotatable bonds is 3. The lowest BCUT2D eigenvalue weighted by atomic mass is 10.2. The van der Waals surface area contributed by atoms with Crippen molar-refractivity contribution < 1.29 is 12.8 Å². The lowest BCUT2D eigenvalue weighted by Gasteiger charge is -2.19. The molecule has 0 aliphatic carbocycles. The quantitative estimate of drug-likeness (QED) is 0.872. The molecule has 4 nitrogen and oxygen atoms in total. The van der Waals surface area contributed by atoms with Gasteiger partial charge in [-0.25, -0.2) is 12.8 Å². The summed E-state index contributed by atoms with van der Waals surface area (Å²) < 4.78 is 38.7. The number of benzene rings is 2. The first-order valence-corrected chi connectivity index (χ1v) is 7.14. The zero-order valence-corrected chi connectivity index (χ0v) is 11.4. The standard InChI is InChI=1S/C14H11FN2O2S/c1-17(13-7-5-12(15)6-8-13)20(18,19)14-4-2-3-11(9-14)10-16/h2-9H,1H3. The summed E-state index contributed by atoms with van der Waals surface area (Å²) in [5.41, 5.74) is 0.604. The largest absolute Gasteiger partial charge is 0.269 e. The fraction of sp³-hybridized carbons (Fsp3) is 0.0714. The summed E-state index contributed by atoms with van der Waals surface area (Å²) in [6.07, 6.45) is 0. The summed E-state index contributed by atoms with van der Waals surface area (Å²) in [5, 5.41) is 8.81. The third kappa shape index (κ3) is 2.63. The van der Waals surface area contributed by atoms with E-state index in [-0.39, 0.29) is 10.5 Å². The molecule has 2 rings (SSSR count). The molecule has 0 aliphatic heterocycles. The van der Waals surface area contributed by atoms with Crippen molar-refractivity contribution in [2.45, 2.75) is 4.90 Å².